The molecule has 2 N–H and O–H groups in total. The molecule has 1 amide bonds. The number of benzene rings is 2. The third kappa shape index (κ3) is 7.13. The third-order valence-electron chi connectivity index (χ3n) is 3.80. The van der Waals surface area contributed by atoms with Crippen LogP contribution in [0.15, 0.2) is 59.5 Å². The lowest BCUT2D eigenvalue weighted by atomic mass is 10.2. The second-order valence-electron chi connectivity index (χ2n) is 6.15. The van der Waals surface area contributed by atoms with Crippen LogP contribution in [0, 0.1) is 0 Å². The van der Waals surface area contributed by atoms with E-state index >= 15 is 0 Å². The molecule has 0 saturated carbocycles. The number of hydrogen-bond acceptors (Lipinski definition) is 5. The summed E-state index contributed by atoms with van der Waals surface area (Å²) in [5.74, 6) is -1.24. The maximum Gasteiger partial charge on any atom is 0.315 e. The largest absolute Gasteiger partial charge is 0.460 e. The first-order chi connectivity index (χ1) is 13.4. The molecule has 150 valence electrons. The van der Waals surface area contributed by atoms with Crippen LogP contribution in [0.3, 0.4) is 0 Å². The Morgan fingerprint density at radius 2 is 1.79 bits per heavy atom. The van der Waals surface area contributed by atoms with E-state index in [-0.39, 0.29) is 11.5 Å². The van der Waals surface area contributed by atoms with E-state index in [0.29, 0.717) is 12.2 Å². The Morgan fingerprint density at radius 1 is 1.04 bits per heavy atom. The van der Waals surface area contributed by atoms with Crippen molar-refractivity contribution in [3.05, 3.63) is 60.2 Å². The first-order valence-electron chi connectivity index (χ1n) is 9.00. The number of hydrogen-bond donors (Lipinski definition) is 2. The number of unbranched alkanes of at least 4 members (excludes halogenated alkanes) is 1. The minimum Gasteiger partial charge on any atom is -0.460 e. The first kappa shape index (κ1) is 21.6. The van der Waals surface area contributed by atoms with Crippen LogP contribution in [0.2, 0.25) is 0 Å². The van der Waals surface area contributed by atoms with E-state index in [9.17, 15) is 18.0 Å². The van der Waals surface area contributed by atoms with Crippen molar-refractivity contribution >= 4 is 27.6 Å². The molecule has 0 saturated heterocycles. The van der Waals surface area contributed by atoms with E-state index in [1.165, 1.54) is 18.2 Å². The van der Waals surface area contributed by atoms with Crippen LogP contribution in [-0.2, 0) is 31.0 Å². The number of anilines is 1. The summed E-state index contributed by atoms with van der Waals surface area (Å²) in [5.41, 5.74) is 1.11. The average molecular weight is 404 g/mol. The number of ether oxygens (including phenoxy) is 1. The number of carbonyl (C=O) groups is 2. The van der Waals surface area contributed by atoms with E-state index in [1.54, 1.807) is 6.07 Å². The van der Waals surface area contributed by atoms with Crippen LogP contribution in [0.5, 0.6) is 0 Å². The van der Waals surface area contributed by atoms with Crippen LogP contribution in [0.4, 0.5) is 5.69 Å². The maximum absolute atomic E-state index is 12.2. The van der Waals surface area contributed by atoms with E-state index in [2.05, 4.69) is 10.0 Å². The van der Waals surface area contributed by atoms with Gasteiger partial charge in [0.05, 0.1) is 4.90 Å². The Labute approximate surface area is 165 Å². The first-order valence-corrected chi connectivity index (χ1v) is 10.5. The Hall–Kier alpha value is -2.71. The van der Waals surface area contributed by atoms with Crippen molar-refractivity contribution in [2.75, 3.05) is 11.9 Å². The average Bonchev–Trinajstić information content (AvgIpc) is 2.67. The number of nitrogens with one attached hydrogen (secondary N) is 2. The van der Waals surface area contributed by atoms with Gasteiger partial charge in [-0.3, -0.25) is 9.59 Å². The number of esters is 1. The highest BCUT2D eigenvalue weighted by Crippen LogP contribution is 2.16. The summed E-state index contributed by atoms with van der Waals surface area (Å²) in [6.45, 7) is 2.40. The van der Waals surface area contributed by atoms with Gasteiger partial charge in [0, 0.05) is 12.2 Å². The second-order valence-corrected chi connectivity index (χ2v) is 7.92. The molecule has 0 aromatic heterocycles. The summed E-state index contributed by atoms with van der Waals surface area (Å²) >= 11 is 0. The molecule has 0 spiro atoms. The van der Waals surface area contributed by atoms with Crippen LogP contribution in [0.25, 0.3) is 0 Å². The lowest BCUT2D eigenvalue weighted by molar-refractivity contribution is -0.146. The van der Waals surface area contributed by atoms with Gasteiger partial charge in [-0.15, -0.1) is 0 Å². The van der Waals surface area contributed by atoms with Gasteiger partial charge in [-0.2, -0.15) is 0 Å². The summed E-state index contributed by atoms with van der Waals surface area (Å²) in [7, 11) is -3.65. The van der Waals surface area contributed by atoms with Crippen molar-refractivity contribution in [1.82, 2.24) is 4.72 Å². The lowest BCUT2D eigenvalue weighted by Crippen LogP contribution is -2.25. The maximum atomic E-state index is 12.2. The van der Waals surface area contributed by atoms with Crippen LogP contribution in [-0.4, -0.2) is 26.8 Å². The molecule has 0 radical (unpaired) electrons. The van der Waals surface area contributed by atoms with Crippen molar-refractivity contribution in [2.24, 2.45) is 0 Å². The number of sulfonamides is 1. The van der Waals surface area contributed by atoms with E-state index in [4.69, 9.17) is 4.74 Å². The summed E-state index contributed by atoms with van der Waals surface area (Å²) in [4.78, 5) is 23.9. The van der Waals surface area contributed by atoms with Gasteiger partial charge < -0.3 is 10.1 Å². The van der Waals surface area contributed by atoms with Crippen LogP contribution >= 0.6 is 0 Å². The number of amides is 1. The SMILES string of the molecule is CCCCNS(=O)(=O)c1cccc(NC(=O)CC(=O)OCc2ccccc2)c1. The molecule has 2 aromatic carbocycles. The fraction of sp³-hybridized carbons (Fsp3) is 0.300. The molecule has 0 aliphatic rings. The topological polar surface area (TPSA) is 102 Å². The van der Waals surface area contributed by atoms with Gasteiger partial charge in [0.25, 0.3) is 0 Å². The molecule has 8 heteroatoms. The summed E-state index contributed by atoms with van der Waals surface area (Å²) < 4.78 is 32.1. The molecule has 0 atom stereocenters. The molecule has 2 rings (SSSR count). The minimum absolute atomic E-state index is 0.0491. The molecule has 0 heterocycles. The standard InChI is InChI=1S/C20H24N2O5S/c1-2-3-12-21-28(25,26)18-11-7-10-17(13-18)22-19(23)14-20(24)27-15-16-8-5-4-6-9-16/h4-11,13,21H,2-3,12,14-15H2,1H3,(H,22,23). The molecule has 0 fully saturated rings. The van der Waals surface area contributed by atoms with Crippen molar-refractivity contribution in [2.45, 2.75) is 37.7 Å². The van der Waals surface area contributed by atoms with Gasteiger partial charge >= 0.3 is 5.97 Å². The summed E-state index contributed by atoms with van der Waals surface area (Å²) in [5, 5.41) is 2.52. The van der Waals surface area contributed by atoms with Gasteiger partial charge in [-0.1, -0.05) is 49.7 Å². The molecule has 2 aromatic rings. The number of rotatable bonds is 10. The van der Waals surface area contributed by atoms with Gasteiger partial charge in [-0.25, -0.2) is 13.1 Å². The third-order valence-corrected chi connectivity index (χ3v) is 5.26. The Balaban J connectivity index is 1.88. The summed E-state index contributed by atoms with van der Waals surface area (Å²) in [6, 6.07) is 15.0. The normalized spacial score (nSPS) is 11.0. The lowest BCUT2D eigenvalue weighted by Gasteiger charge is -2.09. The predicted molar refractivity (Wildman–Crippen MR) is 106 cm³/mol. The van der Waals surface area contributed by atoms with E-state index in [1.807, 2.05) is 37.3 Å². The van der Waals surface area contributed by atoms with Crippen molar-refractivity contribution in [3.8, 4) is 0 Å². The second kappa shape index (κ2) is 10.6. The van der Waals surface area contributed by atoms with Gasteiger partial charge in [0.2, 0.25) is 15.9 Å². The zero-order chi connectivity index (χ0) is 20.4. The zero-order valence-electron chi connectivity index (χ0n) is 15.7. The smallest absolute Gasteiger partial charge is 0.315 e. The highest BCUT2D eigenvalue weighted by atomic mass is 32.2. The Morgan fingerprint density at radius 3 is 2.50 bits per heavy atom. The molecule has 0 unspecified atom stereocenters. The van der Waals surface area contributed by atoms with Crippen molar-refractivity contribution in [1.29, 1.82) is 0 Å². The van der Waals surface area contributed by atoms with Crippen molar-refractivity contribution in [3.63, 3.8) is 0 Å². The molecule has 0 aliphatic heterocycles. The molecule has 28 heavy (non-hydrogen) atoms. The van der Waals surface area contributed by atoms with Crippen LogP contribution in [0.1, 0.15) is 31.7 Å². The highest BCUT2D eigenvalue weighted by Gasteiger charge is 2.15. The molecular weight excluding hydrogens is 380 g/mol. The fourth-order valence-corrected chi connectivity index (χ4v) is 3.45. The van der Waals surface area contributed by atoms with Gasteiger partial charge in [-0.05, 0) is 30.2 Å². The van der Waals surface area contributed by atoms with Crippen molar-refractivity contribution < 1.29 is 22.7 Å². The van der Waals surface area contributed by atoms with E-state index in [0.717, 1.165) is 18.4 Å². The molecular formula is C20H24N2O5S. The zero-order valence-corrected chi connectivity index (χ0v) is 16.5. The van der Waals surface area contributed by atoms with Gasteiger partial charge in [0.1, 0.15) is 13.0 Å². The summed E-state index contributed by atoms with van der Waals surface area (Å²) in [6.07, 6.45) is 1.15. The van der Waals surface area contributed by atoms with Crippen LogP contribution < -0.4 is 10.0 Å². The Bertz CT molecular complexity index is 898. The highest BCUT2D eigenvalue weighted by molar-refractivity contribution is 7.89. The fourth-order valence-electron chi connectivity index (χ4n) is 2.33. The minimum atomic E-state index is -3.65. The van der Waals surface area contributed by atoms with Gasteiger partial charge in [0.15, 0.2) is 0 Å². The molecule has 7 nitrogen and oxygen atoms in total. The molecule has 0 aliphatic carbocycles. The predicted octanol–water partition coefficient (Wildman–Crippen LogP) is 2.84. The van der Waals surface area contributed by atoms with E-state index < -0.39 is 28.3 Å². The Kier molecular flexibility index (Phi) is 8.16. The molecule has 0 bridgehead atoms. The number of carbonyl (C=O) groups excluding carboxylic acids is 2. The monoisotopic (exact) mass is 404 g/mol. The quantitative estimate of drug-likeness (QED) is 0.360.